The zero-order valence-corrected chi connectivity index (χ0v) is 34.7. The second-order valence-corrected chi connectivity index (χ2v) is 16.9. The van der Waals surface area contributed by atoms with E-state index in [0.29, 0.717) is 5.82 Å². The van der Waals surface area contributed by atoms with Crippen LogP contribution in [0.15, 0.2) is 188 Å². The van der Waals surface area contributed by atoms with Crippen molar-refractivity contribution in [3.05, 3.63) is 204 Å². The van der Waals surface area contributed by atoms with Crippen LogP contribution in [-0.4, -0.2) is 9.97 Å². The van der Waals surface area contributed by atoms with Crippen molar-refractivity contribution in [2.45, 2.75) is 20.8 Å². The average Bonchev–Trinajstić information content (AvgIpc) is 3.84. The molecule has 10 aromatic rings. The van der Waals surface area contributed by atoms with Gasteiger partial charge in [-0.2, -0.15) is 0 Å². The molecule has 0 N–H and O–H groups in total. The lowest BCUT2D eigenvalue weighted by atomic mass is 9.93. The number of thiophene rings is 2. The van der Waals surface area contributed by atoms with Crippen LogP contribution in [0.3, 0.4) is 0 Å². The molecule has 0 aliphatic heterocycles. The van der Waals surface area contributed by atoms with Crippen LogP contribution in [0.25, 0.3) is 96.9 Å². The Hall–Kier alpha value is -6.72. The Balaban J connectivity index is 1.16. The van der Waals surface area contributed by atoms with Crippen LogP contribution in [0, 0.1) is 6.92 Å². The van der Waals surface area contributed by atoms with Crippen molar-refractivity contribution >= 4 is 85.8 Å². The van der Waals surface area contributed by atoms with Gasteiger partial charge in [-0.25, -0.2) is 9.97 Å². The summed E-state index contributed by atoms with van der Waals surface area (Å²) >= 11 is 3.62. The fraction of sp³-hybridized carbons (Fsp3) is 0.0545. The lowest BCUT2D eigenvalue weighted by Crippen LogP contribution is -1.95. The number of nitrogens with zero attached hydrogens (tertiary/aromatic N) is 2. The monoisotopic (exact) mass is 792 g/mol. The molecule has 0 spiro atoms. The largest absolute Gasteiger partial charge is 0.226 e. The van der Waals surface area contributed by atoms with Crippen molar-refractivity contribution in [1.29, 1.82) is 0 Å². The Morgan fingerprint density at radius 3 is 2.02 bits per heavy atom. The van der Waals surface area contributed by atoms with Gasteiger partial charge in [0.05, 0.1) is 15.9 Å². The van der Waals surface area contributed by atoms with Crippen molar-refractivity contribution in [2.24, 2.45) is 0 Å². The lowest BCUT2D eigenvalue weighted by molar-refractivity contribution is 1.24. The molecule has 0 saturated heterocycles. The highest BCUT2D eigenvalue weighted by Crippen LogP contribution is 2.41. The number of fused-ring (bicyclic) bond motifs is 7. The highest BCUT2D eigenvalue weighted by molar-refractivity contribution is 7.26. The standard InChI is InChI=1S/C55H40N2S2/c1-4-16-37(21-15-20-36(5-2)53-35(3)45-22-11-13-25-49(45)58-53)42-32-43(40-29-30-47-41(31-40)28-27-38-17-9-10-23-46(38)47)34-44(33-42)55-56-51(39-18-7-6-8-19-39)54-52(57-55)48-24-12-14-26-50(48)59-54/h4-34H,1-3H3/b16-4-,20-15+,36-5-,37-21+. The number of rotatable bonds is 8. The Kier molecular flexibility index (Phi) is 9.65. The molecule has 0 bridgehead atoms. The van der Waals surface area contributed by atoms with Crippen molar-refractivity contribution < 1.29 is 0 Å². The summed E-state index contributed by atoms with van der Waals surface area (Å²) in [6, 6.07) is 54.5. The molecule has 282 valence electrons. The van der Waals surface area contributed by atoms with Crippen molar-refractivity contribution in [3.8, 4) is 33.8 Å². The second kappa shape index (κ2) is 15.6. The van der Waals surface area contributed by atoms with E-state index < -0.39 is 0 Å². The van der Waals surface area contributed by atoms with E-state index in [-0.39, 0.29) is 0 Å². The predicted octanol–water partition coefficient (Wildman–Crippen LogP) is 16.3. The van der Waals surface area contributed by atoms with Crippen LogP contribution in [0.4, 0.5) is 0 Å². The molecule has 3 heterocycles. The van der Waals surface area contributed by atoms with Gasteiger partial charge < -0.3 is 0 Å². The zero-order chi connectivity index (χ0) is 39.9. The summed E-state index contributed by atoms with van der Waals surface area (Å²) in [6.07, 6.45) is 13.2. The summed E-state index contributed by atoms with van der Waals surface area (Å²) in [4.78, 5) is 12.1. The first kappa shape index (κ1) is 36.6. The Morgan fingerprint density at radius 1 is 0.525 bits per heavy atom. The molecule has 0 amide bonds. The number of hydrogen-bond donors (Lipinski definition) is 0. The van der Waals surface area contributed by atoms with Crippen LogP contribution in [-0.2, 0) is 0 Å². The van der Waals surface area contributed by atoms with E-state index in [4.69, 9.17) is 9.97 Å². The van der Waals surface area contributed by atoms with E-state index in [1.54, 1.807) is 11.3 Å². The minimum absolute atomic E-state index is 0.710. The third kappa shape index (κ3) is 6.80. The molecule has 0 saturated carbocycles. The third-order valence-corrected chi connectivity index (χ3v) is 13.7. The molecular formula is C55H40N2S2. The molecule has 3 aromatic heterocycles. The topological polar surface area (TPSA) is 25.8 Å². The SMILES string of the molecule is C\C=C/C(=C\C=C\C(=C\C)c1sc2ccccc2c1C)c1cc(-c2ccc3c(ccc4ccccc43)c2)cc(-c2nc(-c3ccccc3)c3sc4ccccc4c3n2)c1. The van der Waals surface area contributed by atoms with Gasteiger partial charge in [-0.3, -0.25) is 0 Å². The van der Waals surface area contributed by atoms with Gasteiger partial charge in [-0.15, -0.1) is 22.7 Å². The second-order valence-electron chi connectivity index (χ2n) is 14.8. The Morgan fingerprint density at radius 2 is 1.22 bits per heavy atom. The van der Waals surface area contributed by atoms with Gasteiger partial charge >= 0.3 is 0 Å². The van der Waals surface area contributed by atoms with Gasteiger partial charge in [0.15, 0.2) is 5.82 Å². The number of allylic oxidation sites excluding steroid dienone is 8. The molecule has 10 rings (SSSR count). The fourth-order valence-electron chi connectivity index (χ4n) is 8.23. The van der Waals surface area contributed by atoms with Gasteiger partial charge in [0, 0.05) is 30.8 Å². The predicted molar refractivity (Wildman–Crippen MR) is 258 cm³/mol. The summed E-state index contributed by atoms with van der Waals surface area (Å²) in [5, 5.41) is 7.45. The van der Waals surface area contributed by atoms with E-state index in [0.717, 1.165) is 54.7 Å². The van der Waals surface area contributed by atoms with Gasteiger partial charge in [-0.1, -0.05) is 152 Å². The summed E-state index contributed by atoms with van der Waals surface area (Å²) in [7, 11) is 0. The zero-order valence-electron chi connectivity index (χ0n) is 33.1. The summed E-state index contributed by atoms with van der Waals surface area (Å²) in [5.74, 6) is 0.710. The molecule has 59 heavy (non-hydrogen) atoms. The minimum atomic E-state index is 0.710. The molecule has 0 fully saturated rings. The van der Waals surface area contributed by atoms with Gasteiger partial charge in [0.1, 0.15) is 0 Å². The Bertz CT molecular complexity index is 3360. The first-order chi connectivity index (χ1) is 29.1. The molecule has 0 unspecified atom stereocenters. The van der Waals surface area contributed by atoms with E-state index in [2.05, 4.69) is 209 Å². The third-order valence-electron chi connectivity index (χ3n) is 11.2. The number of hydrogen-bond acceptors (Lipinski definition) is 4. The van der Waals surface area contributed by atoms with Gasteiger partial charge in [0.2, 0.25) is 0 Å². The van der Waals surface area contributed by atoms with Crippen LogP contribution >= 0.6 is 22.7 Å². The van der Waals surface area contributed by atoms with E-state index >= 15 is 0 Å². The van der Waals surface area contributed by atoms with Gasteiger partial charge in [0.25, 0.3) is 0 Å². The molecule has 0 aliphatic carbocycles. The highest BCUT2D eigenvalue weighted by atomic mass is 32.1. The fourth-order valence-corrected chi connectivity index (χ4v) is 10.6. The molecule has 2 nitrogen and oxygen atoms in total. The molecule has 4 heteroatoms. The maximum absolute atomic E-state index is 5.40. The molecule has 7 aromatic carbocycles. The van der Waals surface area contributed by atoms with Crippen molar-refractivity contribution in [3.63, 3.8) is 0 Å². The molecule has 0 aliphatic rings. The maximum atomic E-state index is 5.40. The maximum Gasteiger partial charge on any atom is 0.160 e. The summed E-state index contributed by atoms with van der Waals surface area (Å²) in [6.45, 7) is 6.44. The number of aromatic nitrogens is 2. The van der Waals surface area contributed by atoms with Crippen LogP contribution < -0.4 is 0 Å². The summed E-state index contributed by atoms with van der Waals surface area (Å²) in [5.41, 5.74) is 11.0. The molecule has 0 atom stereocenters. The quantitative estimate of drug-likeness (QED) is 0.113. The molecular weight excluding hydrogens is 753 g/mol. The van der Waals surface area contributed by atoms with Crippen LogP contribution in [0.1, 0.15) is 29.9 Å². The summed E-state index contributed by atoms with van der Waals surface area (Å²) < 4.78 is 3.63. The number of benzene rings is 7. The molecule has 0 radical (unpaired) electrons. The smallest absolute Gasteiger partial charge is 0.160 e. The van der Waals surface area contributed by atoms with Crippen molar-refractivity contribution in [2.75, 3.05) is 0 Å². The van der Waals surface area contributed by atoms with Crippen LogP contribution in [0.2, 0.25) is 0 Å². The Labute approximate surface area is 352 Å². The first-order valence-electron chi connectivity index (χ1n) is 20.0. The minimum Gasteiger partial charge on any atom is -0.226 e. The van der Waals surface area contributed by atoms with E-state index in [1.165, 1.54) is 52.3 Å². The van der Waals surface area contributed by atoms with Gasteiger partial charge in [-0.05, 0) is 118 Å². The van der Waals surface area contributed by atoms with E-state index in [1.807, 2.05) is 11.3 Å². The highest BCUT2D eigenvalue weighted by Gasteiger charge is 2.18. The first-order valence-corrected chi connectivity index (χ1v) is 21.7. The van der Waals surface area contributed by atoms with Crippen molar-refractivity contribution in [1.82, 2.24) is 9.97 Å². The number of aryl methyl sites for hydroxylation is 1. The van der Waals surface area contributed by atoms with Crippen LogP contribution in [0.5, 0.6) is 0 Å². The lowest BCUT2D eigenvalue weighted by Gasteiger charge is -2.13. The van der Waals surface area contributed by atoms with E-state index in [9.17, 15) is 0 Å². The normalized spacial score (nSPS) is 12.7. The average molecular weight is 793 g/mol.